The summed E-state index contributed by atoms with van der Waals surface area (Å²) in [5.41, 5.74) is -0.404. The van der Waals surface area contributed by atoms with Gasteiger partial charge in [0, 0.05) is 6.54 Å². The van der Waals surface area contributed by atoms with Gasteiger partial charge < -0.3 is 14.4 Å². The normalized spacial score (nSPS) is 23.1. The molecule has 1 saturated heterocycles. The summed E-state index contributed by atoms with van der Waals surface area (Å²) in [6, 6.07) is 0. The minimum atomic E-state index is -0.404. The summed E-state index contributed by atoms with van der Waals surface area (Å²) in [6.07, 6.45) is 6.83. The Kier molecular flexibility index (Phi) is 4.62. The lowest BCUT2D eigenvalue weighted by Crippen LogP contribution is -2.56. The van der Waals surface area contributed by atoms with Gasteiger partial charge in [-0.05, 0) is 25.9 Å². The van der Waals surface area contributed by atoms with Gasteiger partial charge in [0.2, 0.25) is 0 Å². The van der Waals surface area contributed by atoms with Crippen LogP contribution in [0.4, 0.5) is 0 Å². The van der Waals surface area contributed by atoms with E-state index in [1.165, 1.54) is 39.2 Å². The minimum absolute atomic E-state index is 0.124. The first-order valence-electron chi connectivity index (χ1n) is 7.01. The van der Waals surface area contributed by atoms with Crippen molar-refractivity contribution in [1.82, 2.24) is 4.90 Å². The number of carbonyl (C=O) groups excluding carboxylic acids is 1. The molecule has 1 aliphatic carbocycles. The van der Waals surface area contributed by atoms with Crippen molar-refractivity contribution >= 4 is 5.97 Å². The largest absolute Gasteiger partial charge is 0.468 e. The molecule has 104 valence electrons. The Hall–Kier alpha value is -0.610. The molecule has 0 aromatic rings. The smallest absolute Gasteiger partial charge is 0.317 e. The van der Waals surface area contributed by atoms with Crippen molar-refractivity contribution in [3.05, 3.63) is 0 Å². The van der Waals surface area contributed by atoms with Crippen molar-refractivity contribution in [2.45, 2.75) is 32.1 Å². The van der Waals surface area contributed by atoms with Gasteiger partial charge in [0.25, 0.3) is 0 Å². The van der Waals surface area contributed by atoms with Crippen LogP contribution in [0.25, 0.3) is 0 Å². The molecule has 18 heavy (non-hydrogen) atoms. The molecule has 4 heteroatoms. The number of hydrogen-bond donors (Lipinski definition) is 0. The number of hydrogen-bond acceptors (Lipinski definition) is 4. The summed E-state index contributed by atoms with van der Waals surface area (Å²) in [5, 5.41) is 0. The van der Waals surface area contributed by atoms with E-state index in [1.54, 1.807) is 0 Å². The Morgan fingerprint density at radius 1 is 1.39 bits per heavy atom. The number of esters is 1. The van der Waals surface area contributed by atoms with Crippen LogP contribution in [0.5, 0.6) is 0 Å². The molecule has 4 nitrogen and oxygen atoms in total. The van der Waals surface area contributed by atoms with Crippen LogP contribution in [-0.4, -0.2) is 51.3 Å². The first-order chi connectivity index (χ1) is 8.66. The van der Waals surface area contributed by atoms with Crippen LogP contribution in [0.1, 0.15) is 32.1 Å². The molecule has 0 atom stereocenters. The van der Waals surface area contributed by atoms with Gasteiger partial charge in [0.1, 0.15) is 5.41 Å². The Balaban J connectivity index is 1.75. The molecular formula is C14H25NO3. The molecule has 0 spiro atoms. The van der Waals surface area contributed by atoms with Crippen molar-refractivity contribution in [2.75, 3.05) is 40.5 Å². The van der Waals surface area contributed by atoms with Crippen LogP contribution in [0.15, 0.2) is 0 Å². The molecule has 0 aromatic carbocycles. The maximum absolute atomic E-state index is 11.8. The average molecular weight is 255 g/mol. The molecule has 0 bridgehead atoms. The molecule has 0 N–H and O–H groups in total. The van der Waals surface area contributed by atoms with Gasteiger partial charge >= 0.3 is 5.97 Å². The number of nitrogens with zero attached hydrogens (tertiary/aromatic N) is 1. The predicted octanol–water partition coefficient (Wildman–Crippen LogP) is 1.69. The fraction of sp³-hybridized carbons (Fsp3) is 0.929. The van der Waals surface area contributed by atoms with Crippen LogP contribution in [0.2, 0.25) is 0 Å². The zero-order valence-corrected chi connectivity index (χ0v) is 11.6. The van der Waals surface area contributed by atoms with Crippen LogP contribution < -0.4 is 0 Å². The number of rotatable bonds is 6. The summed E-state index contributed by atoms with van der Waals surface area (Å²) >= 11 is 0. The average Bonchev–Trinajstić information content (AvgIpc) is 2.83. The van der Waals surface area contributed by atoms with E-state index >= 15 is 0 Å². The molecule has 0 unspecified atom stereocenters. The lowest BCUT2D eigenvalue weighted by molar-refractivity contribution is -0.186. The van der Waals surface area contributed by atoms with Gasteiger partial charge in [0.15, 0.2) is 0 Å². The van der Waals surface area contributed by atoms with Gasteiger partial charge in [-0.15, -0.1) is 0 Å². The molecular weight excluding hydrogens is 230 g/mol. The van der Waals surface area contributed by atoms with E-state index < -0.39 is 5.41 Å². The van der Waals surface area contributed by atoms with Gasteiger partial charge in [-0.3, -0.25) is 4.79 Å². The number of carbonyl (C=O) groups is 1. The van der Waals surface area contributed by atoms with E-state index in [4.69, 9.17) is 9.47 Å². The fourth-order valence-corrected chi connectivity index (χ4v) is 3.14. The number of methoxy groups -OCH3 is 1. The standard InChI is InChI=1S/C14H25NO3/c1-15(8-7-12-5-3-4-6-12)9-14(10-18-11-14)13(16)17-2/h12H,3-11H2,1-2H3. The fourth-order valence-electron chi connectivity index (χ4n) is 3.14. The molecule has 1 aliphatic heterocycles. The molecule has 1 saturated carbocycles. The predicted molar refractivity (Wildman–Crippen MR) is 69.3 cm³/mol. The maximum Gasteiger partial charge on any atom is 0.317 e. The van der Waals surface area contributed by atoms with Gasteiger partial charge in [-0.25, -0.2) is 0 Å². The molecule has 0 aromatic heterocycles. The third-order valence-corrected chi connectivity index (χ3v) is 4.34. The third kappa shape index (κ3) is 3.04. The highest BCUT2D eigenvalue weighted by Crippen LogP contribution is 2.31. The first-order valence-corrected chi connectivity index (χ1v) is 7.01. The summed E-state index contributed by atoms with van der Waals surface area (Å²) in [4.78, 5) is 14.0. The molecule has 1 heterocycles. The summed E-state index contributed by atoms with van der Waals surface area (Å²) in [5.74, 6) is 0.778. The molecule has 0 amide bonds. The second-order valence-corrected chi connectivity index (χ2v) is 5.94. The van der Waals surface area contributed by atoms with Crippen molar-refractivity contribution in [2.24, 2.45) is 11.3 Å². The highest BCUT2D eigenvalue weighted by atomic mass is 16.5. The van der Waals surface area contributed by atoms with E-state index in [0.29, 0.717) is 13.2 Å². The SMILES string of the molecule is COC(=O)C1(CN(C)CCC2CCCC2)COC1. The van der Waals surface area contributed by atoms with Crippen molar-refractivity contribution < 1.29 is 14.3 Å². The zero-order chi connectivity index (χ0) is 13.0. The monoisotopic (exact) mass is 255 g/mol. The maximum atomic E-state index is 11.8. The molecule has 0 radical (unpaired) electrons. The highest BCUT2D eigenvalue weighted by molar-refractivity contribution is 5.78. The summed E-state index contributed by atoms with van der Waals surface area (Å²) in [7, 11) is 3.55. The van der Waals surface area contributed by atoms with Crippen LogP contribution in [0.3, 0.4) is 0 Å². The quantitative estimate of drug-likeness (QED) is 0.677. The van der Waals surface area contributed by atoms with E-state index in [2.05, 4.69) is 11.9 Å². The Morgan fingerprint density at radius 2 is 2.06 bits per heavy atom. The first kappa shape index (κ1) is 13.8. The molecule has 2 rings (SSSR count). The van der Waals surface area contributed by atoms with Gasteiger partial charge in [0.05, 0.1) is 20.3 Å². The molecule has 2 aliphatic rings. The van der Waals surface area contributed by atoms with E-state index in [1.807, 2.05) is 0 Å². The lowest BCUT2D eigenvalue weighted by Gasteiger charge is -2.41. The molecule has 2 fully saturated rings. The van der Waals surface area contributed by atoms with E-state index in [-0.39, 0.29) is 5.97 Å². The van der Waals surface area contributed by atoms with Crippen molar-refractivity contribution in [3.8, 4) is 0 Å². The van der Waals surface area contributed by atoms with Crippen molar-refractivity contribution in [1.29, 1.82) is 0 Å². The van der Waals surface area contributed by atoms with Crippen molar-refractivity contribution in [3.63, 3.8) is 0 Å². The second kappa shape index (κ2) is 6.02. The van der Waals surface area contributed by atoms with Crippen LogP contribution in [0, 0.1) is 11.3 Å². The minimum Gasteiger partial charge on any atom is -0.468 e. The topological polar surface area (TPSA) is 38.8 Å². The highest BCUT2D eigenvalue weighted by Gasteiger charge is 2.47. The van der Waals surface area contributed by atoms with E-state index in [9.17, 15) is 4.79 Å². The van der Waals surface area contributed by atoms with Crippen LogP contribution >= 0.6 is 0 Å². The Bertz CT molecular complexity index is 283. The summed E-state index contributed by atoms with van der Waals surface area (Å²) in [6.45, 7) is 2.84. The number of ether oxygens (including phenoxy) is 2. The summed E-state index contributed by atoms with van der Waals surface area (Å²) < 4.78 is 10.1. The third-order valence-electron chi connectivity index (χ3n) is 4.34. The van der Waals surface area contributed by atoms with Gasteiger partial charge in [-0.1, -0.05) is 25.7 Å². The van der Waals surface area contributed by atoms with Crippen LogP contribution in [-0.2, 0) is 14.3 Å². The zero-order valence-electron chi connectivity index (χ0n) is 11.6. The Labute approximate surface area is 110 Å². The second-order valence-electron chi connectivity index (χ2n) is 5.94. The van der Waals surface area contributed by atoms with Gasteiger partial charge in [-0.2, -0.15) is 0 Å². The van der Waals surface area contributed by atoms with E-state index in [0.717, 1.165) is 19.0 Å². The lowest BCUT2D eigenvalue weighted by atomic mass is 9.85. The Morgan fingerprint density at radius 3 is 2.56 bits per heavy atom.